The van der Waals surface area contributed by atoms with E-state index in [1.54, 1.807) is 10.8 Å². The summed E-state index contributed by atoms with van der Waals surface area (Å²) in [5.41, 5.74) is 7.21. The van der Waals surface area contributed by atoms with Gasteiger partial charge in [-0.15, -0.1) is 6.58 Å². The maximum Gasteiger partial charge on any atom is 0.265 e. The summed E-state index contributed by atoms with van der Waals surface area (Å²) >= 11 is 3.26. The fourth-order valence-electron chi connectivity index (χ4n) is 1.31. The van der Waals surface area contributed by atoms with E-state index in [4.69, 9.17) is 5.73 Å². The number of rotatable bonds is 4. The molecule has 0 aliphatic heterocycles. The van der Waals surface area contributed by atoms with E-state index in [0.717, 1.165) is 18.4 Å². The van der Waals surface area contributed by atoms with Crippen molar-refractivity contribution in [3.63, 3.8) is 0 Å². The molecule has 0 saturated carbocycles. The molecule has 2 N–H and O–H groups in total. The highest BCUT2D eigenvalue weighted by molar-refractivity contribution is 9.10. The number of unbranched alkanes of at least 4 members (excludes halogenated alkanes) is 1. The second-order valence-electron chi connectivity index (χ2n) is 3.45. The number of aromatic nitrogens is 1. The molecule has 0 spiro atoms. The molecule has 0 bridgehead atoms. The van der Waals surface area contributed by atoms with Crippen LogP contribution in [0.1, 0.15) is 18.4 Å². The van der Waals surface area contributed by atoms with E-state index in [1.165, 1.54) is 0 Å². The molecule has 4 heteroatoms. The lowest BCUT2D eigenvalue weighted by atomic mass is 10.2. The number of halogens is 1. The van der Waals surface area contributed by atoms with Gasteiger partial charge in [-0.2, -0.15) is 0 Å². The minimum absolute atomic E-state index is 0.0224. The van der Waals surface area contributed by atoms with E-state index < -0.39 is 0 Å². The predicted molar refractivity (Wildman–Crippen MR) is 67.0 cm³/mol. The Labute approximate surface area is 97.7 Å². The van der Waals surface area contributed by atoms with Crippen molar-refractivity contribution < 1.29 is 0 Å². The van der Waals surface area contributed by atoms with Gasteiger partial charge >= 0.3 is 0 Å². The van der Waals surface area contributed by atoms with E-state index in [0.29, 0.717) is 16.7 Å². The first kappa shape index (κ1) is 12.0. The van der Waals surface area contributed by atoms with Crippen molar-refractivity contribution in [3.05, 3.63) is 39.2 Å². The summed E-state index contributed by atoms with van der Waals surface area (Å²) in [6.45, 7) is 6.14. The van der Waals surface area contributed by atoms with Crippen LogP contribution in [0.2, 0.25) is 0 Å². The van der Waals surface area contributed by atoms with Crippen LogP contribution in [0, 0.1) is 6.92 Å². The van der Waals surface area contributed by atoms with Crippen molar-refractivity contribution in [2.75, 3.05) is 5.73 Å². The van der Waals surface area contributed by atoms with Gasteiger partial charge in [0.2, 0.25) is 0 Å². The Kier molecular flexibility index (Phi) is 4.15. The van der Waals surface area contributed by atoms with Crippen LogP contribution < -0.4 is 11.3 Å². The summed E-state index contributed by atoms with van der Waals surface area (Å²) in [5.74, 6) is 0. The van der Waals surface area contributed by atoms with Crippen LogP contribution in [0.25, 0.3) is 0 Å². The van der Waals surface area contributed by atoms with Crippen LogP contribution in [0.4, 0.5) is 5.69 Å². The third-order valence-corrected chi connectivity index (χ3v) is 3.25. The largest absolute Gasteiger partial charge is 0.397 e. The zero-order valence-corrected chi connectivity index (χ0v) is 10.4. The van der Waals surface area contributed by atoms with Crippen LogP contribution in [0.3, 0.4) is 0 Å². The van der Waals surface area contributed by atoms with E-state index >= 15 is 0 Å². The Morgan fingerprint density at radius 1 is 1.67 bits per heavy atom. The summed E-state index contributed by atoms with van der Waals surface area (Å²) in [4.78, 5) is 11.8. The first-order chi connectivity index (χ1) is 7.07. The number of nitrogens with two attached hydrogens (primary N) is 1. The standard InChI is InChI=1S/C11H15BrN2O/c1-3-4-5-6-14-7-9(13)8(2)10(12)11(14)15/h3,7H,1,4-6,13H2,2H3. The van der Waals surface area contributed by atoms with Crippen molar-refractivity contribution in [3.8, 4) is 0 Å². The maximum atomic E-state index is 11.8. The van der Waals surface area contributed by atoms with E-state index in [2.05, 4.69) is 22.5 Å². The Balaban J connectivity index is 2.99. The number of nitrogen functional groups attached to an aromatic ring is 1. The van der Waals surface area contributed by atoms with Crippen LogP contribution in [0.5, 0.6) is 0 Å². The Morgan fingerprint density at radius 2 is 2.33 bits per heavy atom. The lowest BCUT2D eigenvalue weighted by Crippen LogP contribution is -2.22. The number of pyridine rings is 1. The number of hydrogen-bond donors (Lipinski definition) is 1. The number of anilines is 1. The van der Waals surface area contributed by atoms with Gasteiger partial charge in [0, 0.05) is 12.7 Å². The topological polar surface area (TPSA) is 48.0 Å². The molecule has 1 rings (SSSR count). The summed E-state index contributed by atoms with van der Waals surface area (Å²) in [7, 11) is 0. The van der Waals surface area contributed by atoms with Crippen molar-refractivity contribution in [1.29, 1.82) is 0 Å². The van der Waals surface area contributed by atoms with Crippen molar-refractivity contribution >= 4 is 21.6 Å². The van der Waals surface area contributed by atoms with E-state index in [1.807, 2.05) is 13.0 Å². The fraction of sp³-hybridized carbons (Fsp3) is 0.364. The quantitative estimate of drug-likeness (QED) is 0.675. The molecule has 0 radical (unpaired) electrons. The highest BCUT2D eigenvalue weighted by atomic mass is 79.9. The average molecular weight is 271 g/mol. The molecule has 0 aliphatic carbocycles. The van der Waals surface area contributed by atoms with Crippen molar-refractivity contribution in [2.24, 2.45) is 0 Å². The molecule has 0 aromatic carbocycles. The van der Waals surface area contributed by atoms with Crippen LogP contribution in [0.15, 0.2) is 28.1 Å². The van der Waals surface area contributed by atoms with Gasteiger partial charge in [0.25, 0.3) is 5.56 Å². The minimum Gasteiger partial charge on any atom is -0.397 e. The highest BCUT2D eigenvalue weighted by Crippen LogP contribution is 2.17. The van der Waals surface area contributed by atoms with Crippen molar-refractivity contribution in [2.45, 2.75) is 26.3 Å². The molecular weight excluding hydrogens is 256 g/mol. The SMILES string of the molecule is C=CCCCn1cc(N)c(C)c(Br)c1=O. The molecule has 1 heterocycles. The van der Waals surface area contributed by atoms with Gasteiger partial charge < -0.3 is 10.3 Å². The van der Waals surface area contributed by atoms with Gasteiger partial charge in [-0.1, -0.05) is 6.08 Å². The third kappa shape index (κ3) is 2.72. The first-order valence-electron chi connectivity index (χ1n) is 4.83. The highest BCUT2D eigenvalue weighted by Gasteiger charge is 2.07. The summed E-state index contributed by atoms with van der Waals surface area (Å²) in [6.07, 6.45) is 5.35. The first-order valence-corrected chi connectivity index (χ1v) is 5.63. The van der Waals surface area contributed by atoms with E-state index in [-0.39, 0.29) is 5.56 Å². The monoisotopic (exact) mass is 270 g/mol. The summed E-state index contributed by atoms with van der Waals surface area (Å²) in [5, 5.41) is 0. The second kappa shape index (κ2) is 5.16. The van der Waals surface area contributed by atoms with Gasteiger partial charge in [0.15, 0.2) is 0 Å². The molecule has 0 fully saturated rings. The Bertz CT molecular complexity index is 423. The maximum absolute atomic E-state index is 11.8. The minimum atomic E-state index is -0.0224. The zero-order chi connectivity index (χ0) is 11.4. The smallest absolute Gasteiger partial charge is 0.265 e. The van der Waals surface area contributed by atoms with Crippen molar-refractivity contribution in [1.82, 2.24) is 4.57 Å². The van der Waals surface area contributed by atoms with Crippen LogP contribution in [-0.4, -0.2) is 4.57 Å². The number of nitrogens with zero attached hydrogens (tertiary/aromatic N) is 1. The average Bonchev–Trinajstić information content (AvgIpc) is 2.23. The Morgan fingerprint density at radius 3 is 2.93 bits per heavy atom. The lowest BCUT2D eigenvalue weighted by Gasteiger charge is -2.09. The number of allylic oxidation sites excluding steroid dienone is 1. The molecule has 1 aromatic heterocycles. The van der Waals surface area contributed by atoms with Gasteiger partial charge in [0.1, 0.15) is 0 Å². The number of hydrogen-bond acceptors (Lipinski definition) is 2. The molecular formula is C11H15BrN2O. The third-order valence-electron chi connectivity index (χ3n) is 2.31. The molecule has 0 amide bonds. The van der Waals surface area contributed by atoms with E-state index in [9.17, 15) is 4.79 Å². The molecule has 0 atom stereocenters. The second-order valence-corrected chi connectivity index (χ2v) is 4.25. The van der Waals surface area contributed by atoms with Crippen LogP contribution in [-0.2, 0) is 6.54 Å². The van der Waals surface area contributed by atoms with Crippen LogP contribution >= 0.6 is 15.9 Å². The number of aryl methyl sites for hydroxylation is 1. The lowest BCUT2D eigenvalue weighted by molar-refractivity contribution is 0.627. The molecule has 3 nitrogen and oxygen atoms in total. The molecule has 82 valence electrons. The fourth-order valence-corrected chi connectivity index (χ4v) is 1.77. The predicted octanol–water partition coefficient (Wildman–Crippen LogP) is 2.47. The van der Waals surface area contributed by atoms with Gasteiger partial charge in [0.05, 0.1) is 10.2 Å². The van der Waals surface area contributed by atoms with Gasteiger partial charge in [-0.3, -0.25) is 4.79 Å². The molecule has 0 aliphatic rings. The Hall–Kier alpha value is -1.03. The van der Waals surface area contributed by atoms with Gasteiger partial charge in [-0.05, 0) is 41.3 Å². The normalized spacial score (nSPS) is 10.3. The summed E-state index contributed by atoms with van der Waals surface area (Å²) < 4.78 is 2.19. The van der Waals surface area contributed by atoms with Gasteiger partial charge in [-0.25, -0.2) is 0 Å². The molecule has 15 heavy (non-hydrogen) atoms. The zero-order valence-electron chi connectivity index (χ0n) is 8.79. The summed E-state index contributed by atoms with van der Waals surface area (Å²) in [6, 6.07) is 0. The molecule has 0 saturated heterocycles. The molecule has 0 unspecified atom stereocenters. The molecule has 1 aromatic rings.